The zero-order valence-corrected chi connectivity index (χ0v) is 20.1. The number of rotatable bonds is 6. The van der Waals surface area contributed by atoms with Crippen molar-refractivity contribution in [1.29, 1.82) is 0 Å². The number of carbonyl (C=O) groups is 2. The van der Waals surface area contributed by atoms with E-state index in [9.17, 15) is 9.59 Å². The first kappa shape index (κ1) is 23.0. The van der Waals surface area contributed by atoms with Crippen molar-refractivity contribution in [3.63, 3.8) is 0 Å². The Morgan fingerprint density at radius 1 is 1.18 bits per heavy atom. The number of nitrogens with one attached hydrogen (secondary N) is 2. The van der Waals surface area contributed by atoms with Crippen LogP contribution in [0.4, 0.5) is 15.7 Å². The number of methoxy groups -OCH3 is 2. The largest absolute Gasteiger partial charge is 0.481 e. The second-order valence-corrected chi connectivity index (χ2v) is 9.42. The maximum atomic E-state index is 12.7. The molecule has 1 saturated heterocycles. The number of aromatic nitrogens is 3. The van der Waals surface area contributed by atoms with Crippen molar-refractivity contribution < 1.29 is 19.1 Å². The molecule has 4 rings (SSSR count). The van der Waals surface area contributed by atoms with Gasteiger partial charge >= 0.3 is 12.0 Å². The van der Waals surface area contributed by atoms with Crippen LogP contribution in [0, 0.1) is 5.92 Å². The molecule has 1 atom stereocenters. The quantitative estimate of drug-likeness (QED) is 0.650. The normalized spacial score (nSPS) is 17.7. The van der Waals surface area contributed by atoms with Crippen LogP contribution in [-0.4, -0.2) is 71.7 Å². The number of hydrogen-bond donors (Lipinski definition) is 2. The highest BCUT2D eigenvalue weighted by Crippen LogP contribution is 2.32. The molecule has 0 aliphatic carbocycles. The summed E-state index contributed by atoms with van der Waals surface area (Å²) in [6.07, 6.45) is 1.40. The summed E-state index contributed by atoms with van der Waals surface area (Å²) >= 11 is 1.46. The van der Waals surface area contributed by atoms with E-state index < -0.39 is 0 Å². The highest BCUT2D eigenvalue weighted by Gasteiger charge is 2.32. The molecule has 0 spiro atoms. The maximum Gasteiger partial charge on any atom is 0.323 e. The molecule has 2 aliphatic heterocycles. The molecule has 4 heterocycles. The highest BCUT2D eigenvalue weighted by molar-refractivity contribution is 7.15. The van der Waals surface area contributed by atoms with Crippen molar-refractivity contribution in [2.45, 2.75) is 39.3 Å². The van der Waals surface area contributed by atoms with Gasteiger partial charge in [-0.25, -0.2) is 9.78 Å². The van der Waals surface area contributed by atoms with E-state index in [0.29, 0.717) is 42.9 Å². The smallest absolute Gasteiger partial charge is 0.323 e. The lowest BCUT2D eigenvalue weighted by Crippen LogP contribution is -2.38. The van der Waals surface area contributed by atoms with Gasteiger partial charge in [-0.3, -0.25) is 10.1 Å². The van der Waals surface area contributed by atoms with Gasteiger partial charge in [0.2, 0.25) is 11.8 Å². The van der Waals surface area contributed by atoms with Gasteiger partial charge in [0, 0.05) is 43.0 Å². The monoisotopic (exact) mass is 475 g/mol. The lowest BCUT2D eigenvalue weighted by molar-refractivity contribution is -0.125. The molecule has 33 heavy (non-hydrogen) atoms. The zero-order chi connectivity index (χ0) is 23.5. The standard InChI is InChI=1S/C21H29N7O4S/c1-12(2)22-18(29)13-5-7-28(10-13)21(30)26-20-23-14-6-8-27(11-15(14)33-20)16-9-17(31-3)25-19(24-16)32-4/h9,12-13H,5-8,10-11H2,1-4H3,(H,22,29)(H,23,26,30). The summed E-state index contributed by atoms with van der Waals surface area (Å²) in [5, 5.41) is 6.40. The van der Waals surface area contributed by atoms with Crippen LogP contribution in [0.1, 0.15) is 30.8 Å². The fourth-order valence-electron chi connectivity index (χ4n) is 3.93. The van der Waals surface area contributed by atoms with Crippen LogP contribution in [0.25, 0.3) is 0 Å². The zero-order valence-electron chi connectivity index (χ0n) is 19.3. The summed E-state index contributed by atoms with van der Waals surface area (Å²) in [5.74, 6) is 0.984. The van der Waals surface area contributed by atoms with Crippen LogP contribution in [0.15, 0.2) is 6.07 Å². The summed E-state index contributed by atoms with van der Waals surface area (Å²) in [7, 11) is 3.07. The lowest BCUT2D eigenvalue weighted by Gasteiger charge is -2.27. The van der Waals surface area contributed by atoms with Gasteiger partial charge in [-0.2, -0.15) is 9.97 Å². The van der Waals surface area contributed by atoms with Crippen LogP contribution in [0.5, 0.6) is 11.9 Å². The molecule has 1 unspecified atom stereocenters. The van der Waals surface area contributed by atoms with E-state index in [1.54, 1.807) is 18.1 Å². The van der Waals surface area contributed by atoms with E-state index in [2.05, 4.69) is 30.5 Å². The van der Waals surface area contributed by atoms with Gasteiger partial charge < -0.3 is 24.6 Å². The Morgan fingerprint density at radius 2 is 2.00 bits per heavy atom. The van der Waals surface area contributed by atoms with Crippen molar-refractivity contribution in [3.05, 3.63) is 16.6 Å². The summed E-state index contributed by atoms with van der Waals surface area (Å²) < 4.78 is 10.4. The summed E-state index contributed by atoms with van der Waals surface area (Å²) in [4.78, 5) is 43.0. The molecule has 12 heteroatoms. The fourth-order valence-corrected chi connectivity index (χ4v) is 4.94. The van der Waals surface area contributed by atoms with Gasteiger partial charge in [-0.1, -0.05) is 11.3 Å². The number of fused-ring (bicyclic) bond motifs is 1. The van der Waals surface area contributed by atoms with Crippen LogP contribution in [-0.2, 0) is 17.8 Å². The molecule has 2 aromatic rings. The van der Waals surface area contributed by atoms with E-state index in [0.717, 1.165) is 23.5 Å². The molecule has 178 valence electrons. The predicted octanol–water partition coefficient (Wildman–Crippen LogP) is 1.89. The molecule has 3 amide bonds. The van der Waals surface area contributed by atoms with E-state index in [1.807, 2.05) is 13.8 Å². The van der Waals surface area contributed by atoms with Gasteiger partial charge in [-0.15, -0.1) is 0 Å². The molecule has 0 radical (unpaired) electrons. The number of likely N-dealkylation sites (tertiary alicyclic amines) is 1. The van der Waals surface area contributed by atoms with Gasteiger partial charge in [0.25, 0.3) is 0 Å². The Hall–Kier alpha value is -3.15. The first-order valence-corrected chi connectivity index (χ1v) is 11.7. The summed E-state index contributed by atoms with van der Waals surface area (Å²) in [6, 6.07) is 1.89. The summed E-state index contributed by atoms with van der Waals surface area (Å²) in [5.41, 5.74) is 0.982. The first-order valence-electron chi connectivity index (χ1n) is 10.9. The molecule has 0 aromatic carbocycles. The van der Waals surface area contributed by atoms with Crippen LogP contribution in [0.3, 0.4) is 0 Å². The molecule has 2 N–H and O–H groups in total. The third-order valence-electron chi connectivity index (χ3n) is 5.61. The Bertz CT molecular complexity index is 1010. The molecular formula is C21H29N7O4S. The van der Waals surface area contributed by atoms with Crippen LogP contribution in [0.2, 0.25) is 0 Å². The van der Waals surface area contributed by atoms with Crippen molar-refractivity contribution in [2.24, 2.45) is 5.92 Å². The number of urea groups is 1. The second kappa shape index (κ2) is 9.77. The Balaban J connectivity index is 1.38. The third kappa shape index (κ3) is 5.27. The van der Waals surface area contributed by atoms with E-state index in [1.165, 1.54) is 18.4 Å². The van der Waals surface area contributed by atoms with Crippen molar-refractivity contribution in [3.8, 4) is 11.9 Å². The van der Waals surface area contributed by atoms with Gasteiger partial charge in [0.15, 0.2) is 5.13 Å². The lowest BCUT2D eigenvalue weighted by atomic mass is 10.1. The minimum Gasteiger partial charge on any atom is -0.481 e. The van der Waals surface area contributed by atoms with Gasteiger partial charge in [-0.05, 0) is 20.3 Å². The minimum atomic E-state index is -0.219. The molecule has 0 saturated carbocycles. The molecule has 0 bridgehead atoms. The SMILES string of the molecule is COc1cc(N2CCc3nc(NC(=O)N4CCC(C(=O)NC(C)C)C4)sc3C2)nc(OC)n1. The number of ether oxygens (including phenoxy) is 2. The van der Waals surface area contributed by atoms with E-state index >= 15 is 0 Å². The second-order valence-electron chi connectivity index (χ2n) is 8.34. The number of carbonyl (C=O) groups excluding carboxylic acids is 2. The van der Waals surface area contributed by atoms with Crippen LogP contribution < -0.4 is 25.0 Å². The summed E-state index contributed by atoms with van der Waals surface area (Å²) in [6.45, 7) is 6.18. The highest BCUT2D eigenvalue weighted by atomic mass is 32.1. The Labute approximate surface area is 196 Å². The number of amides is 3. The number of hydrogen-bond acceptors (Lipinski definition) is 9. The predicted molar refractivity (Wildman–Crippen MR) is 124 cm³/mol. The minimum absolute atomic E-state index is 0.00286. The Morgan fingerprint density at radius 3 is 2.73 bits per heavy atom. The average molecular weight is 476 g/mol. The fraction of sp³-hybridized carbons (Fsp3) is 0.571. The topological polar surface area (TPSA) is 122 Å². The maximum absolute atomic E-state index is 12.7. The number of nitrogens with zero attached hydrogens (tertiary/aromatic N) is 5. The molecule has 2 aliphatic rings. The third-order valence-corrected chi connectivity index (χ3v) is 6.60. The van der Waals surface area contributed by atoms with Gasteiger partial charge in [0.1, 0.15) is 5.82 Å². The molecule has 2 aromatic heterocycles. The molecule has 11 nitrogen and oxygen atoms in total. The average Bonchev–Trinajstić information content (AvgIpc) is 3.44. The van der Waals surface area contributed by atoms with Gasteiger partial charge in [0.05, 0.1) is 32.4 Å². The van der Waals surface area contributed by atoms with E-state index in [4.69, 9.17) is 9.47 Å². The molecular weight excluding hydrogens is 446 g/mol. The van der Waals surface area contributed by atoms with Crippen molar-refractivity contribution >= 4 is 34.2 Å². The van der Waals surface area contributed by atoms with Crippen molar-refractivity contribution in [2.75, 3.05) is 44.1 Å². The molecule has 1 fully saturated rings. The number of thiazole rings is 1. The van der Waals surface area contributed by atoms with Crippen LogP contribution >= 0.6 is 11.3 Å². The van der Waals surface area contributed by atoms with E-state index in [-0.39, 0.29) is 29.9 Å². The first-order chi connectivity index (χ1) is 15.9. The number of anilines is 2. The van der Waals surface area contributed by atoms with Crippen molar-refractivity contribution in [1.82, 2.24) is 25.2 Å². The Kier molecular flexibility index (Phi) is 6.82.